The molecule has 7 heteroatoms. The Morgan fingerprint density at radius 3 is 2.69 bits per heavy atom. The van der Waals surface area contributed by atoms with Gasteiger partial charge in [0.05, 0.1) is 17.1 Å². The first kappa shape index (κ1) is 11.9. The maximum absolute atomic E-state index is 10.7. The predicted molar refractivity (Wildman–Crippen MR) is 55.6 cm³/mol. The third kappa shape index (κ3) is 2.67. The first-order chi connectivity index (χ1) is 7.56. The van der Waals surface area contributed by atoms with Crippen LogP contribution in [0.3, 0.4) is 0 Å². The summed E-state index contributed by atoms with van der Waals surface area (Å²) in [6.45, 7) is -0.00883. The van der Waals surface area contributed by atoms with Gasteiger partial charge in [-0.3, -0.25) is 10.1 Å². The maximum Gasteiger partial charge on any atom is 0.335 e. The van der Waals surface area contributed by atoms with Crippen LogP contribution in [-0.4, -0.2) is 34.3 Å². The molecule has 0 saturated heterocycles. The minimum atomic E-state index is -1.23. The number of aromatic carboxylic acids is 1. The predicted octanol–water partition coefficient (Wildman–Crippen LogP) is 0.697. The number of nitro benzene ring substituents is 1. The van der Waals surface area contributed by atoms with Crippen molar-refractivity contribution in [1.29, 1.82) is 0 Å². The van der Waals surface area contributed by atoms with Gasteiger partial charge in [-0.1, -0.05) is 0 Å². The summed E-state index contributed by atoms with van der Waals surface area (Å²) in [5.41, 5.74) is -0.293. The fraction of sp³-hybridized carbons (Fsp3) is 0.222. The van der Waals surface area contributed by atoms with Crippen LogP contribution in [0, 0.1) is 10.1 Å². The zero-order valence-corrected chi connectivity index (χ0v) is 8.21. The molecule has 0 unspecified atom stereocenters. The van der Waals surface area contributed by atoms with E-state index in [9.17, 15) is 14.9 Å². The Labute approximate surface area is 90.5 Å². The number of anilines is 1. The molecular weight excluding hydrogens is 216 g/mol. The van der Waals surface area contributed by atoms with Gasteiger partial charge < -0.3 is 15.5 Å². The Kier molecular flexibility index (Phi) is 3.78. The van der Waals surface area contributed by atoms with Crippen LogP contribution in [0.2, 0.25) is 0 Å². The molecule has 86 valence electrons. The Morgan fingerprint density at radius 2 is 2.19 bits per heavy atom. The Hall–Kier alpha value is -2.15. The van der Waals surface area contributed by atoms with Crippen molar-refractivity contribution in [3.63, 3.8) is 0 Å². The number of aliphatic hydroxyl groups excluding tert-OH is 1. The first-order valence-corrected chi connectivity index (χ1v) is 4.42. The number of benzene rings is 1. The molecule has 7 nitrogen and oxygen atoms in total. The zero-order chi connectivity index (χ0) is 12.1. The number of nitrogens with zero attached hydrogens (tertiary/aromatic N) is 1. The van der Waals surface area contributed by atoms with Gasteiger partial charge in [0.25, 0.3) is 5.69 Å². The van der Waals surface area contributed by atoms with E-state index in [1.54, 1.807) is 0 Å². The second-order valence-corrected chi connectivity index (χ2v) is 2.94. The van der Waals surface area contributed by atoms with Gasteiger partial charge in [0.2, 0.25) is 0 Å². The molecule has 0 amide bonds. The second kappa shape index (κ2) is 5.08. The van der Waals surface area contributed by atoms with Gasteiger partial charge in [0, 0.05) is 12.6 Å². The van der Waals surface area contributed by atoms with Crippen molar-refractivity contribution in [2.75, 3.05) is 18.5 Å². The molecule has 1 rings (SSSR count). The molecule has 0 aliphatic rings. The van der Waals surface area contributed by atoms with Crippen molar-refractivity contribution in [3.8, 4) is 0 Å². The Morgan fingerprint density at radius 1 is 1.50 bits per heavy atom. The van der Waals surface area contributed by atoms with Gasteiger partial charge in [-0.2, -0.15) is 0 Å². The van der Waals surface area contributed by atoms with Gasteiger partial charge in [-0.05, 0) is 12.1 Å². The molecule has 0 heterocycles. The van der Waals surface area contributed by atoms with Crippen LogP contribution in [-0.2, 0) is 0 Å². The van der Waals surface area contributed by atoms with E-state index < -0.39 is 10.9 Å². The fourth-order valence-electron chi connectivity index (χ4n) is 1.16. The minimum absolute atomic E-state index is 0.152. The average molecular weight is 226 g/mol. The van der Waals surface area contributed by atoms with Crippen LogP contribution in [0.4, 0.5) is 11.4 Å². The normalized spacial score (nSPS) is 9.81. The fourth-order valence-corrected chi connectivity index (χ4v) is 1.16. The number of nitro groups is 1. The molecule has 0 saturated carbocycles. The number of carboxylic acid groups (broad SMARTS) is 1. The lowest BCUT2D eigenvalue weighted by molar-refractivity contribution is -0.384. The van der Waals surface area contributed by atoms with Gasteiger partial charge in [-0.25, -0.2) is 4.79 Å². The van der Waals surface area contributed by atoms with Gasteiger partial charge >= 0.3 is 5.97 Å². The van der Waals surface area contributed by atoms with Crippen molar-refractivity contribution in [2.45, 2.75) is 0 Å². The average Bonchev–Trinajstić information content (AvgIpc) is 2.25. The highest BCUT2D eigenvalue weighted by Crippen LogP contribution is 2.25. The van der Waals surface area contributed by atoms with Crippen molar-refractivity contribution < 1.29 is 19.9 Å². The Balaban J connectivity index is 3.09. The number of nitrogens with one attached hydrogen (secondary N) is 1. The van der Waals surface area contributed by atoms with E-state index in [-0.39, 0.29) is 30.1 Å². The first-order valence-electron chi connectivity index (χ1n) is 4.42. The topological polar surface area (TPSA) is 113 Å². The van der Waals surface area contributed by atoms with Gasteiger partial charge in [0.1, 0.15) is 5.69 Å². The summed E-state index contributed by atoms with van der Waals surface area (Å²) in [5, 5.41) is 30.5. The van der Waals surface area contributed by atoms with Crippen molar-refractivity contribution >= 4 is 17.3 Å². The largest absolute Gasteiger partial charge is 0.478 e. The third-order valence-electron chi connectivity index (χ3n) is 1.87. The molecule has 0 aliphatic heterocycles. The molecular formula is C9H10N2O5. The maximum atomic E-state index is 10.7. The van der Waals surface area contributed by atoms with Crippen LogP contribution in [0.15, 0.2) is 18.2 Å². The van der Waals surface area contributed by atoms with E-state index in [0.29, 0.717) is 0 Å². The van der Waals surface area contributed by atoms with E-state index in [0.717, 1.165) is 6.07 Å². The molecule has 3 N–H and O–H groups in total. The molecule has 0 spiro atoms. The SMILES string of the molecule is O=C(O)c1ccc(NCCO)c([N+](=O)[O-])c1. The van der Waals surface area contributed by atoms with E-state index in [1.807, 2.05) is 0 Å². The molecule has 0 radical (unpaired) electrons. The summed E-state index contributed by atoms with van der Waals surface area (Å²) in [6, 6.07) is 3.54. The smallest absolute Gasteiger partial charge is 0.335 e. The monoisotopic (exact) mass is 226 g/mol. The summed E-state index contributed by atoms with van der Waals surface area (Å²) in [6.07, 6.45) is 0. The molecule has 0 bridgehead atoms. The van der Waals surface area contributed by atoms with E-state index in [1.165, 1.54) is 12.1 Å². The minimum Gasteiger partial charge on any atom is -0.478 e. The molecule has 1 aromatic rings. The number of aliphatic hydroxyl groups is 1. The molecule has 16 heavy (non-hydrogen) atoms. The van der Waals surface area contributed by atoms with Crippen molar-refractivity contribution in [2.24, 2.45) is 0 Å². The van der Waals surface area contributed by atoms with Gasteiger partial charge in [-0.15, -0.1) is 0 Å². The molecule has 1 aromatic carbocycles. The third-order valence-corrected chi connectivity index (χ3v) is 1.87. The molecule has 0 aromatic heterocycles. The van der Waals surface area contributed by atoms with Gasteiger partial charge in [0.15, 0.2) is 0 Å². The highest BCUT2D eigenvalue weighted by atomic mass is 16.6. The summed E-state index contributed by atoms with van der Waals surface area (Å²) in [7, 11) is 0. The number of hydrogen-bond acceptors (Lipinski definition) is 5. The summed E-state index contributed by atoms with van der Waals surface area (Å²) in [5.74, 6) is -1.23. The summed E-state index contributed by atoms with van der Waals surface area (Å²) >= 11 is 0. The molecule has 0 fully saturated rings. The van der Waals surface area contributed by atoms with Crippen molar-refractivity contribution in [3.05, 3.63) is 33.9 Å². The van der Waals surface area contributed by atoms with E-state index >= 15 is 0 Å². The van der Waals surface area contributed by atoms with Crippen LogP contribution < -0.4 is 5.32 Å². The lowest BCUT2D eigenvalue weighted by atomic mass is 10.1. The molecule has 0 atom stereocenters. The van der Waals surface area contributed by atoms with Crippen LogP contribution >= 0.6 is 0 Å². The number of hydrogen-bond donors (Lipinski definition) is 3. The number of carboxylic acids is 1. The lowest BCUT2D eigenvalue weighted by Gasteiger charge is -2.05. The quantitative estimate of drug-likeness (QED) is 0.503. The zero-order valence-electron chi connectivity index (χ0n) is 8.21. The molecule has 0 aliphatic carbocycles. The van der Waals surface area contributed by atoms with Crippen LogP contribution in [0.25, 0.3) is 0 Å². The van der Waals surface area contributed by atoms with E-state index in [2.05, 4.69) is 5.32 Å². The number of carbonyl (C=O) groups is 1. The lowest BCUT2D eigenvalue weighted by Crippen LogP contribution is -2.08. The van der Waals surface area contributed by atoms with Crippen LogP contribution in [0.1, 0.15) is 10.4 Å². The standard InChI is InChI=1S/C9H10N2O5/c12-4-3-10-7-2-1-6(9(13)14)5-8(7)11(15)16/h1-2,5,10,12H,3-4H2,(H,13,14). The highest BCUT2D eigenvalue weighted by Gasteiger charge is 2.16. The number of rotatable bonds is 5. The Bertz CT molecular complexity index is 418. The van der Waals surface area contributed by atoms with E-state index in [4.69, 9.17) is 10.2 Å². The van der Waals surface area contributed by atoms with Crippen molar-refractivity contribution in [1.82, 2.24) is 0 Å². The second-order valence-electron chi connectivity index (χ2n) is 2.94. The van der Waals surface area contributed by atoms with Crippen LogP contribution in [0.5, 0.6) is 0 Å². The summed E-state index contributed by atoms with van der Waals surface area (Å²) in [4.78, 5) is 20.6. The highest BCUT2D eigenvalue weighted by molar-refractivity contribution is 5.89. The summed E-state index contributed by atoms with van der Waals surface area (Å²) < 4.78 is 0.